The number of fused-ring (bicyclic) bond motifs is 10. The van der Waals surface area contributed by atoms with Crippen LogP contribution in [0.1, 0.15) is 313 Å². The van der Waals surface area contributed by atoms with Gasteiger partial charge in [0.05, 0.1) is 0 Å². The maximum absolute atomic E-state index is 3.98. The molecule has 0 aromatic rings. The first kappa shape index (κ1) is 80.7. The number of hydrogen-bond donors (Lipinski definition) is 0. The van der Waals surface area contributed by atoms with Crippen molar-refractivity contribution < 1.29 is 0 Å². The molecule has 29 atom stereocenters. The quantitative estimate of drug-likeness (QED) is 0.181. The van der Waals surface area contributed by atoms with Gasteiger partial charge < -0.3 is 0 Å². The number of allylic oxidation sites excluding steroid dienone is 11. The molecule has 0 nitrogen and oxygen atoms in total. The summed E-state index contributed by atoms with van der Waals surface area (Å²) in [5.74, 6) is 27.0. The summed E-state index contributed by atoms with van der Waals surface area (Å²) < 4.78 is 0. The Kier molecular flexibility index (Phi) is 23.2. The van der Waals surface area contributed by atoms with Crippen LogP contribution in [0, 0.1) is 214 Å². The van der Waals surface area contributed by atoms with Crippen LogP contribution in [0.5, 0.6) is 0 Å². The van der Waals surface area contributed by atoms with Gasteiger partial charge in [0.1, 0.15) is 0 Å². The third-order valence-corrected chi connectivity index (χ3v) is 41.2. The minimum atomic E-state index is 0.484. The van der Waals surface area contributed by atoms with Crippen molar-refractivity contribution in [2.45, 2.75) is 313 Å². The van der Waals surface area contributed by atoms with E-state index in [0.29, 0.717) is 43.3 Å². The SMILES string of the molecule is C=CC1(C)CC2CCC1C2.C=CC1(C)CCCCC1.C=CC12C(C)C3CC1C2C3.C=CC12CC3CC1C2(C)C3.C=CC12CC3CC1C2(C)C3.C=CC12CC3CC1C2C3C.C=CC1C2CCC1(C)CC2.C=CC1C2CCC1C(C)C2.C=CC1C2CCC1CC2.C=CC1CC2CCC1(C)C2.C=CC1CCCCC1C. The Morgan fingerprint density at radius 3 is 1.17 bits per heavy atom. The van der Waals surface area contributed by atoms with E-state index in [1.165, 1.54) is 244 Å². The van der Waals surface area contributed by atoms with Crippen LogP contribution < -0.4 is 0 Å². The Balaban J connectivity index is 0.0000000987. The molecule has 28 fully saturated rings. The molecule has 0 heteroatoms. The first-order chi connectivity index (χ1) is 51.2. The summed E-state index contributed by atoms with van der Waals surface area (Å²) in [5.41, 5.74) is 6.36. The molecule has 28 aliphatic rings. The highest BCUT2D eigenvalue weighted by Gasteiger charge is 2.82. The van der Waals surface area contributed by atoms with Gasteiger partial charge in [-0.3, -0.25) is 0 Å². The van der Waals surface area contributed by atoms with Gasteiger partial charge in [-0.1, -0.05) is 181 Å². The lowest BCUT2D eigenvalue weighted by Crippen LogP contribution is -2.20. The first-order valence-corrected chi connectivity index (χ1v) is 47.1. The first-order valence-electron chi connectivity index (χ1n) is 47.1. The third kappa shape index (κ3) is 13.7. The van der Waals surface area contributed by atoms with Gasteiger partial charge in [0.15, 0.2) is 0 Å². The smallest absolute Gasteiger partial charge is 0.00276 e. The number of hydrogen-bond acceptors (Lipinski definition) is 0. The summed E-state index contributed by atoms with van der Waals surface area (Å²) in [7, 11) is 0. The molecular weight excluding hydrogens is 1290 g/mol. The largest absolute Gasteiger partial charge is 0.103 e. The zero-order valence-electron chi connectivity index (χ0n) is 71.6. The van der Waals surface area contributed by atoms with Crippen molar-refractivity contribution in [3.05, 3.63) is 139 Å². The Bertz CT molecular complexity index is 3110. The molecule has 0 amide bonds. The predicted molar refractivity (Wildman–Crippen MR) is 463 cm³/mol. The van der Waals surface area contributed by atoms with Crippen molar-refractivity contribution in [3.63, 3.8) is 0 Å². The standard InChI is InChI=1S/4C10H14.4C10H16.C9H14.2C9H16/c2*1-3-10-6-7-4-8(10)9(10,2)5-7;1-3-10-5-7-4-8(10)9(10)6(7)2;1-3-10-6(2)7-4-8(10)9(10)5-7;1-3-9-8-4-6-10(9,2)7-5-8;1-3-10(2)7-8-4-5-9(10)6-8;1-3-9-6-8-4-5-10(9,2)7-8;1-3-9-8-4-5-10(9)7(2)6-8;1-2-9-7-3-4-8(9)6-5-7;1-3-9(2)7-5-4-6-8-9;1-3-9-7-5-4-6-8(9)2/h2*3,7-8H,1,4-6H2,2H3;2*3,6-9H,1,4-5H2,2H3;3*3,8-9H,1,4-7H2,2H3;3,7-10H,1,4-6H2,2H3;2,7-9H,1,3-6H2;3H,1,4-8H2,2H3;3,8-9H,1,4-7H2,2H3. The minimum Gasteiger partial charge on any atom is -0.103 e. The fourth-order valence-corrected chi connectivity index (χ4v) is 34.4. The average molecular weight is 1450 g/mol. The van der Waals surface area contributed by atoms with Crippen molar-refractivity contribution in [1.82, 2.24) is 0 Å². The molecule has 28 saturated carbocycles. The summed E-state index contributed by atoms with van der Waals surface area (Å²) in [5, 5.41) is 0. The lowest BCUT2D eigenvalue weighted by atomic mass is 9.75. The highest BCUT2D eigenvalue weighted by molar-refractivity contribution is 5.37. The second kappa shape index (κ2) is 30.7. The Labute approximate surface area is 662 Å². The predicted octanol–water partition coefficient (Wildman–Crippen LogP) is 30.7. The fourth-order valence-electron chi connectivity index (χ4n) is 34.4. The van der Waals surface area contributed by atoms with E-state index in [0.717, 1.165) is 171 Å². The monoisotopic (exact) mass is 1450 g/mol. The van der Waals surface area contributed by atoms with Gasteiger partial charge in [0, 0.05) is 0 Å². The van der Waals surface area contributed by atoms with E-state index in [2.05, 4.69) is 208 Å². The maximum atomic E-state index is 3.98. The molecule has 28 aliphatic carbocycles. The zero-order chi connectivity index (χ0) is 76.2. The Morgan fingerprint density at radius 2 is 0.925 bits per heavy atom. The van der Waals surface area contributed by atoms with E-state index < -0.39 is 0 Å². The summed E-state index contributed by atoms with van der Waals surface area (Å²) in [6.07, 6.45) is 79.8. The molecule has 26 bridgehead atoms. The van der Waals surface area contributed by atoms with Gasteiger partial charge >= 0.3 is 0 Å². The Morgan fingerprint density at radius 1 is 0.346 bits per heavy atom. The van der Waals surface area contributed by atoms with Crippen LogP contribution in [0.4, 0.5) is 0 Å². The third-order valence-electron chi connectivity index (χ3n) is 41.2. The van der Waals surface area contributed by atoms with Gasteiger partial charge in [0.25, 0.3) is 0 Å². The maximum Gasteiger partial charge on any atom is -0.00276 e. The van der Waals surface area contributed by atoms with E-state index >= 15 is 0 Å². The molecule has 0 N–H and O–H groups in total. The normalized spacial score (nSPS) is 54.1. The summed E-state index contributed by atoms with van der Waals surface area (Å²) >= 11 is 0. The number of rotatable bonds is 11. The van der Waals surface area contributed by atoms with Crippen molar-refractivity contribution >= 4 is 0 Å². The average Bonchev–Trinajstić information content (AvgIpc) is 1.48. The molecule has 29 unspecified atom stereocenters. The van der Waals surface area contributed by atoms with Gasteiger partial charge in [-0.2, -0.15) is 0 Å². The second-order valence-corrected chi connectivity index (χ2v) is 45.4. The van der Waals surface area contributed by atoms with Crippen LogP contribution in [-0.2, 0) is 0 Å². The van der Waals surface area contributed by atoms with Crippen LogP contribution in [0.2, 0.25) is 0 Å². The van der Waals surface area contributed by atoms with E-state index in [1.807, 2.05) is 0 Å². The topological polar surface area (TPSA) is 0 Å². The molecule has 0 aliphatic heterocycles. The highest BCUT2D eigenvalue weighted by atomic mass is 14.9. The molecule has 0 aromatic carbocycles. The van der Waals surface area contributed by atoms with Crippen LogP contribution in [-0.4, -0.2) is 0 Å². The summed E-state index contributed by atoms with van der Waals surface area (Å²) in [4.78, 5) is 0. The van der Waals surface area contributed by atoms with Gasteiger partial charge in [0.2, 0.25) is 0 Å². The minimum absolute atomic E-state index is 0.484. The van der Waals surface area contributed by atoms with E-state index in [4.69, 9.17) is 0 Å². The van der Waals surface area contributed by atoms with Gasteiger partial charge in [-0.25, -0.2) is 0 Å². The van der Waals surface area contributed by atoms with Crippen LogP contribution in [0.15, 0.2) is 139 Å². The van der Waals surface area contributed by atoms with E-state index in [9.17, 15) is 0 Å². The molecule has 0 aromatic heterocycles. The van der Waals surface area contributed by atoms with Gasteiger partial charge in [-0.15, -0.1) is 72.4 Å². The van der Waals surface area contributed by atoms with E-state index in [1.54, 1.807) is 0 Å². The fraction of sp³-hybridized carbons (Fsp3) is 0.794. The molecular formula is C107H166. The van der Waals surface area contributed by atoms with Gasteiger partial charge in [-0.05, 0) is 413 Å². The molecule has 0 radical (unpaired) electrons. The van der Waals surface area contributed by atoms with Crippen molar-refractivity contribution in [1.29, 1.82) is 0 Å². The highest BCUT2D eigenvalue weighted by Crippen LogP contribution is 2.89. The van der Waals surface area contributed by atoms with Crippen molar-refractivity contribution in [2.24, 2.45) is 214 Å². The van der Waals surface area contributed by atoms with Crippen molar-refractivity contribution in [2.75, 3.05) is 0 Å². The Hall–Kier alpha value is -2.86. The molecule has 28 rings (SSSR count). The summed E-state index contributed by atoms with van der Waals surface area (Å²) in [6, 6.07) is 0. The molecule has 594 valence electrons. The summed E-state index contributed by atoms with van der Waals surface area (Å²) in [6.45, 7) is 67.3. The second-order valence-electron chi connectivity index (χ2n) is 45.4. The lowest BCUT2D eigenvalue weighted by Gasteiger charge is -2.30. The van der Waals surface area contributed by atoms with Crippen LogP contribution in [0.3, 0.4) is 0 Å². The molecule has 0 spiro atoms. The molecule has 0 saturated heterocycles. The van der Waals surface area contributed by atoms with Crippen LogP contribution in [0.25, 0.3) is 0 Å². The molecule has 0 heterocycles. The van der Waals surface area contributed by atoms with Crippen molar-refractivity contribution in [3.8, 4) is 0 Å². The van der Waals surface area contributed by atoms with E-state index in [-0.39, 0.29) is 0 Å². The lowest BCUT2D eigenvalue weighted by molar-refractivity contribution is 0.257. The zero-order valence-corrected chi connectivity index (χ0v) is 71.6. The van der Waals surface area contributed by atoms with Crippen LogP contribution >= 0.6 is 0 Å². The molecule has 107 heavy (non-hydrogen) atoms.